The minimum absolute atomic E-state index is 0.192. The van der Waals surface area contributed by atoms with Crippen LogP contribution in [0.1, 0.15) is 19.4 Å². The molecule has 3 heteroatoms. The molecular weight excluding hydrogens is 218 g/mol. The lowest BCUT2D eigenvalue weighted by Gasteiger charge is -2.22. The lowest BCUT2D eigenvalue weighted by Crippen LogP contribution is -2.25. The average Bonchev–Trinajstić information content (AvgIpc) is 2.27. The minimum atomic E-state index is 0.192. The van der Waals surface area contributed by atoms with Gasteiger partial charge in [0.15, 0.2) is 0 Å². The first-order valence-corrected chi connectivity index (χ1v) is 6.44. The van der Waals surface area contributed by atoms with Crippen LogP contribution in [0.4, 0.5) is 0 Å². The van der Waals surface area contributed by atoms with Gasteiger partial charge in [-0.15, -0.1) is 11.8 Å². The van der Waals surface area contributed by atoms with Gasteiger partial charge in [0.05, 0.1) is 7.11 Å². The van der Waals surface area contributed by atoms with E-state index in [0.29, 0.717) is 0 Å². The molecule has 0 aromatic heterocycles. The fourth-order valence-electron chi connectivity index (χ4n) is 1.24. The zero-order valence-electron chi connectivity index (χ0n) is 10.5. The number of benzene rings is 1. The normalized spacial score (nSPS) is 11.6. The van der Waals surface area contributed by atoms with Crippen molar-refractivity contribution in [3.63, 3.8) is 0 Å². The Morgan fingerprint density at radius 2 is 2.06 bits per heavy atom. The number of thioether (sulfide) groups is 1. The summed E-state index contributed by atoms with van der Waals surface area (Å²) < 4.78 is 5.19. The molecule has 0 saturated carbocycles. The van der Waals surface area contributed by atoms with Gasteiger partial charge in [-0.3, -0.25) is 0 Å². The van der Waals surface area contributed by atoms with E-state index in [1.807, 2.05) is 17.8 Å². The Morgan fingerprint density at radius 1 is 1.38 bits per heavy atom. The third-order valence-electron chi connectivity index (χ3n) is 2.55. The number of ether oxygens (including phenoxy) is 1. The number of rotatable bonds is 5. The van der Waals surface area contributed by atoms with E-state index in [-0.39, 0.29) is 5.41 Å². The standard InChI is InChI=1S/C13H21NOS/c1-10-7-11(15-4)5-6-12(10)16-9-13(2,3)8-14/h5-7H,8-9,14H2,1-4H3. The largest absolute Gasteiger partial charge is 0.497 e. The van der Waals surface area contributed by atoms with Crippen LogP contribution in [-0.4, -0.2) is 19.4 Å². The van der Waals surface area contributed by atoms with E-state index in [2.05, 4.69) is 32.9 Å². The number of nitrogens with two attached hydrogens (primary N) is 1. The molecule has 2 N–H and O–H groups in total. The van der Waals surface area contributed by atoms with Gasteiger partial charge in [0, 0.05) is 10.6 Å². The van der Waals surface area contributed by atoms with E-state index in [1.165, 1.54) is 10.5 Å². The van der Waals surface area contributed by atoms with Crippen LogP contribution in [0, 0.1) is 12.3 Å². The third kappa shape index (κ3) is 3.72. The quantitative estimate of drug-likeness (QED) is 0.802. The fraction of sp³-hybridized carbons (Fsp3) is 0.538. The summed E-state index contributed by atoms with van der Waals surface area (Å²) in [4.78, 5) is 1.31. The summed E-state index contributed by atoms with van der Waals surface area (Å²) >= 11 is 1.86. The maximum atomic E-state index is 5.72. The summed E-state index contributed by atoms with van der Waals surface area (Å²) in [5.41, 5.74) is 7.17. The zero-order valence-corrected chi connectivity index (χ0v) is 11.4. The molecule has 0 heterocycles. The highest BCUT2D eigenvalue weighted by Crippen LogP contribution is 2.30. The second kappa shape index (κ2) is 5.60. The Kier molecular flexibility index (Phi) is 4.69. The maximum absolute atomic E-state index is 5.72. The van der Waals surface area contributed by atoms with Gasteiger partial charge in [-0.05, 0) is 42.6 Å². The second-order valence-electron chi connectivity index (χ2n) is 4.79. The van der Waals surface area contributed by atoms with Gasteiger partial charge in [0.2, 0.25) is 0 Å². The lowest BCUT2D eigenvalue weighted by atomic mass is 9.97. The molecule has 0 amide bonds. The van der Waals surface area contributed by atoms with Gasteiger partial charge >= 0.3 is 0 Å². The summed E-state index contributed by atoms with van der Waals surface area (Å²) in [5.74, 6) is 1.95. The van der Waals surface area contributed by atoms with Gasteiger partial charge in [-0.2, -0.15) is 0 Å². The molecule has 2 nitrogen and oxygen atoms in total. The molecule has 0 unspecified atom stereocenters. The van der Waals surface area contributed by atoms with E-state index in [4.69, 9.17) is 10.5 Å². The minimum Gasteiger partial charge on any atom is -0.497 e. The molecule has 0 atom stereocenters. The van der Waals surface area contributed by atoms with Crippen molar-refractivity contribution in [2.45, 2.75) is 25.7 Å². The highest BCUT2D eigenvalue weighted by atomic mass is 32.2. The van der Waals surface area contributed by atoms with E-state index in [1.54, 1.807) is 7.11 Å². The van der Waals surface area contributed by atoms with E-state index in [0.717, 1.165) is 18.0 Å². The fourth-order valence-corrected chi connectivity index (χ4v) is 2.36. The van der Waals surface area contributed by atoms with Crippen molar-refractivity contribution < 1.29 is 4.74 Å². The molecule has 0 radical (unpaired) electrons. The van der Waals surface area contributed by atoms with Crippen LogP contribution in [0.15, 0.2) is 23.1 Å². The number of aryl methyl sites for hydroxylation is 1. The van der Waals surface area contributed by atoms with Crippen molar-refractivity contribution in [1.82, 2.24) is 0 Å². The topological polar surface area (TPSA) is 35.2 Å². The second-order valence-corrected chi connectivity index (χ2v) is 5.81. The van der Waals surface area contributed by atoms with Gasteiger partial charge in [-0.1, -0.05) is 13.8 Å². The van der Waals surface area contributed by atoms with Crippen molar-refractivity contribution in [1.29, 1.82) is 0 Å². The van der Waals surface area contributed by atoms with Crippen molar-refractivity contribution in [2.24, 2.45) is 11.1 Å². The molecule has 1 aromatic rings. The first-order valence-electron chi connectivity index (χ1n) is 5.46. The Balaban J connectivity index is 2.68. The van der Waals surface area contributed by atoms with E-state index >= 15 is 0 Å². The Labute approximate surface area is 103 Å². The molecule has 16 heavy (non-hydrogen) atoms. The number of hydrogen-bond acceptors (Lipinski definition) is 3. The summed E-state index contributed by atoms with van der Waals surface area (Å²) in [5, 5.41) is 0. The Bertz CT molecular complexity index is 350. The highest BCUT2D eigenvalue weighted by molar-refractivity contribution is 7.99. The van der Waals surface area contributed by atoms with Crippen LogP contribution in [0.25, 0.3) is 0 Å². The van der Waals surface area contributed by atoms with Crippen molar-refractivity contribution in [3.05, 3.63) is 23.8 Å². The molecule has 0 aliphatic heterocycles. The molecule has 0 fully saturated rings. The average molecular weight is 239 g/mol. The molecule has 1 rings (SSSR count). The van der Waals surface area contributed by atoms with Crippen LogP contribution < -0.4 is 10.5 Å². The molecular formula is C13H21NOS. The molecule has 90 valence electrons. The summed E-state index contributed by atoms with van der Waals surface area (Å²) in [6.07, 6.45) is 0. The van der Waals surface area contributed by atoms with Gasteiger partial charge in [-0.25, -0.2) is 0 Å². The highest BCUT2D eigenvalue weighted by Gasteiger charge is 2.16. The smallest absolute Gasteiger partial charge is 0.119 e. The van der Waals surface area contributed by atoms with Gasteiger partial charge in [0.1, 0.15) is 5.75 Å². The molecule has 1 aromatic carbocycles. The molecule has 0 spiro atoms. The lowest BCUT2D eigenvalue weighted by molar-refractivity contribution is 0.414. The van der Waals surface area contributed by atoms with Gasteiger partial charge < -0.3 is 10.5 Å². The van der Waals surface area contributed by atoms with Crippen LogP contribution in [0.2, 0.25) is 0 Å². The molecule has 0 bridgehead atoms. The SMILES string of the molecule is COc1ccc(SCC(C)(C)CN)c(C)c1. The maximum Gasteiger partial charge on any atom is 0.119 e. The monoisotopic (exact) mass is 239 g/mol. The van der Waals surface area contributed by atoms with Crippen molar-refractivity contribution in [3.8, 4) is 5.75 Å². The van der Waals surface area contributed by atoms with E-state index in [9.17, 15) is 0 Å². The predicted molar refractivity (Wildman–Crippen MR) is 71.3 cm³/mol. The van der Waals surface area contributed by atoms with E-state index < -0.39 is 0 Å². The molecule has 0 aliphatic rings. The van der Waals surface area contributed by atoms with Crippen molar-refractivity contribution in [2.75, 3.05) is 19.4 Å². The Morgan fingerprint density at radius 3 is 2.56 bits per heavy atom. The number of hydrogen-bond donors (Lipinski definition) is 1. The first kappa shape index (κ1) is 13.4. The van der Waals surface area contributed by atoms with Crippen LogP contribution >= 0.6 is 11.8 Å². The zero-order chi connectivity index (χ0) is 12.2. The summed E-state index contributed by atoms with van der Waals surface area (Å²) in [7, 11) is 1.69. The molecule has 0 aliphatic carbocycles. The first-order chi connectivity index (χ1) is 7.48. The van der Waals surface area contributed by atoms with Crippen LogP contribution in [0.5, 0.6) is 5.75 Å². The Hall–Kier alpha value is -0.670. The third-order valence-corrected chi connectivity index (χ3v) is 4.25. The van der Waals surface area contributed by atoms with Crippen molar-refractivity contribution >= 4 is 11.8 Å². The summed E-state index contributed by atoms with van der Waals surface area (Å²) in [6.45, 7) is 7.22. The molecule has 0 saturated heterocycles. The predicted octanol–water partition coefficient (Wildman–Crippen LogP) is 3.08. The summed E-state index contributed by atoms with van der Waals surface area (Å²) in [6, 6.07) is 6.19. The number of methoxy groups -OCH3 is 1. The van der Waals surface area contributed by atoms with Gasteiger partial charge in [0.25, 0.3) is 0 Å². The van der Waals surface area contributed by atoms with Crippen LogP contribution in [0.3, 0.4) is 0 Å². The van der Waals surface area contributed by atoms with Crippen LogP contribution in [-0.2, 0) is 0 Å².